The monoisotopic (exact) mass is 263 g/mol. The Morgan fingerprint density at radius 3 is 2.53 bits per heavy atom. The Hall–Kier alpha value is -1.19. The molecule has 19 heavy (non-hydrogen) atoms. The molecular formula is C16H25NO2. The van der Waals surface area contributed by atoms with E-state index in [1.165, 1.54) is 0 Å². The zero-order valence-electron chi connectivity index (χ0n) is 12.1. The summed E-state index contributed by atoms with van der Waals surface area (Å²) in [5, 5.41) is 0. The van der Waals surface area contributed by atoms with E-state index in [9.17, 15) is 4.79 Å². The van der Waals surface area contributed by atoms with Gasteiger partial charge in [0.2, 0.25) is 0 Å². The Morgan fingerprint density at radius 2 is 1.89 bits per heavy atom. The van der Waals surface area contributed by atoms with Gasteiger partial charge in [-0.05, 0) is 26.4 Å². The van der Waals surface area contributed by atoms with Crippen LogP contribution in [0.25, 0.3) is 0 Å². The van der Waals surface area contributed by atoms with Crippen LogP contribution in [0.2, 0.25) is 0 Å². The van der Waals surface area contributed by atoms with Crippen molar-refractivity contribution < 1.29 is 9.53 Å². The minimum Gasteiger partial charge on any atom is -0.380 e. The van der Waals surface area contributed by atoms with Gasteiger partial charge in [0.15, 0.2) is 5.78 Å². The van der Waals surface area contributed by atoms with Gasteiger partial charge in [-0.15, -0.1) is 0 Å². The number of hydrogen-bond acceptors (Lipinski definition) is 3. The second-order valence-electron chi connectivity index (χ2n) is 4.52. The first-order chi connectivity index (χ1) is 9.27. The lowest BCUT2D eigenvalue weighted by Crippen LogP contribution is -2.28. The summed E-state index contributed by atoms with van der Waals surface area (Å²) in [7, 11) is 0. The normalized spacial score (nSPS) is 10.9. The third-order valence-electron chi connectivity index (χ3n) is 3.18. The Labute approximate surface area is 116 Å². The fourth-order valence-electron chi connectivity index (χ4n) is 2.00. The SMILES string of the molecule is CCOCCN(CC)CCCC(=O)c1ccccc1. The third-order valence-corrected chi connectivity index (χ3v) is 3.18. The number of ether oxygens (including phenoxy) is 1. The number of nitrogens with zero attached hydrogens (tertiary/aromatic N) is 1. The van der Waals surface area contributed by atoms with E-state index in [1.807, 2.05) is 37.3 Å². The van der Waals surface area contributed by atoms with E-state index in [2.05, 4.69) is 11.8 Å². The molecule has 0 aliphatic heterocycles. The molecule has 0 aliphatic rings. The fourth-order valence-corrected chi connectivity index (χ4v) is 2.00. The molecule has 0 spiro atoms. The van der Waals surface area contributed by atoms with Gasteiger partial charge in [0.25, 0.3) is 0 Å². The molecule has 0 amide bonds. The van der Waals surface area contributed by atoms with Gasteiger partial charge < -0.3 is 9.64 Å². The van der Waals surface area contributed by atoms with Crippen molar-refractivity contribution >= 4 is 5.78 Å². The first-order valence-corrected chi connectivity index (χ1v) is 7.16. The zero-order chi connectivity index (χ0) is 13.9. The van der Waals surface area contributed by atoms with E-state index in [4.69, 9.17) is 4.74 Å². The first kappa shape index (κ1) is 15.9. The maximum Gasteiger partial charge on any atom is 0.162 e. The van der Waals surface area contributed by atoms with Gasteiger partial charge in [0, 0.05) is 25.1 Å². The highest BCUT2D eigenvalue weighted by atomic mass is 16.5. The van der Waals surface area contributed by atoms with Crippen LogP contribution in [0.4, 0.5) is 0 Å². The zero-order valence-corrected chi connectivity index (χ0v) is 12.1. The molecular weight excluding hydrogens is 238 g/mol. The predicted molar refractivity (Wildman–Crippen MR) is 78.6 cm³/mol. The van der Waals surface area contributed by atoms with Gasteiger partial charge in [-0.25, -0.2) is 0 Å². The van der Waals surface area contributed by atoms with E-state index < -0.39 is 0 Å². The smallest absolute Gasteiger partial charge is 0.162 e. The Kier molecular flexibility index (Phi) is 8.10. The lowest BCUT2D eigenvalue weighted by molar-refractivity contribution is 0.0963. The number of hydrogen-bond donors (Lipinski definition) is 0. The van der Waals surface area contributed by atoms with Gasteiger partial charge in [0.05, 0.1) is 6.61 Å². The summed E-state index contributed by atoms with van der Waals surface area (Å²) in [6.07, 6.45) is 1.53. The van der Waals surface area contributed by atoms with E-state index >= 15 is 0 Å². The van der Waals surface area contributed by atoms with Crippen molar-refractivity contribution in [2.24, 2.45) is 0 Å². The van der Waals surface area contributed by atoms with Crippen molar-refractivity contribution in [3.63, 3.8) is 0 Å². The Morgan fingerprint density at radius 1 is 1.16 bits per heavy atom. The van der Waals surface area contributed by atoms with Gasteiger partial charge in [-0.1, -0.05) is 37.3 Å². The van der Waals surface area contributed by atoms with Crippen LogP contribution >= 0.6 is 0 Å². The van der Waals surface area contributed by atoms with Crippen molar-refractivity contribution in [3.8, 4) is 0 Å². The summed E-state index contributed by atoms with van der Waals surface area (Å²) < 4.78 is 5.35. The fraction of sp³-hybridized carbons (Fsp3) is 0.562. The van der Waals surface area contributed by atoms with Crippen LogP contribution in [0.3, 0.4) is 0 Å². The third kappa shape index (κ3) is 6.50. The molecule has 1 rings (SSSR count). The number of ketones is 1. The number of carbonyl (C=O) groups excluding carboxylic acids is 1. The molecule has 0 bridgehead atoms. The maximum atomic E-state index is 11.9. The molecule has 0 fully saturated rings. The summed E-state index contributed by atoms with van der Waals surface area (Å²) >= 11 is 0. The highest BCUT2D eigenvalue weighted by Crippen LogP contribution is 2.05. The van der Waals surface area contributed by atoms with Gasteiger partial charge in [-0.3, -0.25) is 4.79 Å². The summed E-state index contributed by atoms with van der Waals surface area (Å²) in [6, 6.07) is 9.52. The van der Waals surface area contributed by atoms with Gasteiger partial charge in [-0.2, -0.15) is 0 Å². The van der Waals surface area contributed by atoms with Crippen molar-refractivity contribution in [1.29, 1.82) is 0 Å². The van der Waals surface area contributed by atoms with Crippen LogP contribution in [0.15, 0.2) is 30.3 Å². The molecule has 0 radical (unpaired) electrons. The summed E-state index contributed by atoms with van der Waals surface area (Å²) in [4.78, 5) is 14.3. The lowest BCUT2D eigenvalue weighted by atomic mass is 10.1. The molecule has 0 saturated carbocycles. The minimum atomic E-state index is 0.237. The lowest BCUT2D eigenvalue weighted by Gasteiger charge is -2.19. The highest BCUT2D eigenvalue weighted by Gasteiger charge is 2.07. The van der Waals surface area contributed by atoms with Gasteiger partial charge >= 0.3 is 0 Å². The van der Waals surface area contributed by atoms with E-state index in [1.54, 1.807) is 0 Å². The second-order valence-corrected chi connectivity index (χ2v) is 4.52. The van der Waals surface area contributed by atoms with E-state index in [0.29, 0.717) is 6.42 Å². The van der Waals surface area contributed by atoms with Crippen LogP contribution < -0.4 is 0 Å². The van der Waals surface area contributed by atoms with Crippen LogP contribution in [0.1, 0.15) is 37.0 Å². The molecule has 1 aromatic rings. The Balaban J connectivity index is 2.23. The molecule has 0 unspecified atom stereocenters. The topological polar surface area (TPSA) is 29.5 Å². The molecule has 0 saturated heterocycles. The van der Waals surface area contributed by atoms with E-state index in [0.717, 1.165) is 44.8 Å². The van der Waals surface area contributed by atoms with Crippen LogP contribution in [0.5, 0.6) is 0 Å². The quantitative estimate of drug-likeness (QED) is 0.480. The molecule has 3 heteroatoms. The molecule has 1 aromatic carbocycles. The molecule has 0 heterocycles. The number of Topliss-reactive ketones (excluding diaryl/α,β-unsaturated/α-hetero) is 1. The van der Waals surface area contributed by atoms with E-state index in [-0.39, 0.29) is 5.78 Å². The number of carbonyl (C=O) groups is 1. The number of benzene rings is 1. The van der Waals surface area contributed by atoms with Crippen LogP contribution in [-0.2, 0) is 4.74 Å². The van der Waals surface area contributed by atoms with Crippen LogP contribution in [0, 0.1) is 0 Å². The first-order valence-electron chi connectivity index (χ1n) is 7.16. The predicted octanol–water partition coefficient (Wildman–Crippen LogP) is 3.01. The number of rotatable bonds is 10. The minimum absolute atomic E-state index is 0.237. The van der Waals surface area contributed by atoms with Gasteiger partial charge in [0.1, 0.15) is 0 Å². The average molecular weight is 263 g/mol. The Bertz CT molecular complexity index is 351. The highest BCUT2D eigenvalue weighted by molar-refractivity contribution is 5.95. The number of likely N-dealkylation sites (N-methyl/N-ethyl adjacent to an activating group) is 1. The largest absolute Gasteiger partial charge is 0.380 e. The van der Waals surface area contributed by atoms with Crippen molar-refractivity contribution in [2.75, 3.05) is 32.8 Å². The van der Waals surface area contributed by atoms with Crippen molar-refractivity contribution in [1.82, 2.24) is 4.90 Å². The molecule has 3 nitrogen and oxygen atoms in total. The average Bonchev–Trinajstić information content (AvgIpc) is 2.46. The standard InChI is InChI=1S/C16H25NO2/c1-3-17(13-14-19-4-2)12-8-11-16(18)15-9-6-5-7-10-15/h5-7,9-10H,3-4,8,11-14H2,1-2H3. The van der Waals surface area contributed by atoms with Crippen LogP contribution in [-0.4, -0.2) is 43.5 Å². The molecule has 0 N–H and O–H groups in total. The molecule has 0 aliphatic carbocycles. The summed E-state index contributed by atoms with van der Waals surface area (Å²) in [5.41, 5.74) is 0.819. The second kappa shape index (κ2) is 9.70. The summed E-state index contributed by atoms with van der Waals surface area (Å²) in [6.45, 7) is 8.61. The van der Waals surface area contributed by atoms with Crippen molar-refractivity contribution in [3.05, 3.63) is 35.9 Å². The molecule has 106 valence electrons. The molecule has 0 aromatic heterocycles. The van der Waals surface area contributed by atoms with Crippen molar-refractivity contribution in [2.45, 2.75) is 26.7 Å². The molecule has 0 atom stereocenters. The summed E-state index contributed by atoms with van der Waals surface area (Å²) in [5.74, 6) is 0.237. The maximum absolute atomic E-state index is 11.9.